The van der Waals surface area contributed by atoms with Crippen molar-refractivity contribution in [3.05, 3.63) is 74.6 Å². The first-order chi connectivity index (χ1) is 14.3. The molecule has 0 bridgehead atoms. The molecule has 8 nitrogen and oxygen atoms in total. The van der Waals surface area contributed by atoms with Crippen LogP contribution in [0.1, 0.15) is 31.0 Å². The van der Waals surface area contributed by atoms with Crippen LogP contribution in [-0.4, -0.2) is 30.5 Å². The van der Waals surface area contributed by atoms with Crippen molar-refractivity contribution in [2.24, 2.45) is 0 Å². The molecule has 9 heteroatoms. The second-order valence-electron chi connectivity index (χ2n) is 7.42. The lowest BCUT2D eigenvalue weighted by atomic mass is 10.1. The van der Waals surface area contributed by atoms with Crippen LogP contribution < -0.4 is 16.6 Å². The fraction of sp³-hybridized carbons (Fsp3) is 0.286. The van der Waals surface area contributed by atoms with E-state index in [9.17, 15) is 19.2 Å². The van der Waals surface area contributed by atoms with E-state index in [1.807, 2.05) is 24.3 Å². The number of benzene rings is 1. The number of nitrogens with one attached hydrogen (secondary N) is 1. The lowest BCUT2D eigenvalue weighted by Gasteiger charge is -2.15. The normalized spacial score (nSPS) is 16.4. The smallest absolute Gasteiger partial charge is 0.286 e. The highest BCUT2D eigenvalue weighted by atomic mass is 32.2. The topological polar surface area (TPSA) is 103 Å². The molecule has 0 aliphatic carbocycles. The van der Waals surface area contributed by atoms with Gasteiger partial charge in [-0.1, -0.05) is 36.0 Å². The van der Waals surface area contributed by atoms with E-state index in [1.54, 1.807) is 32.2 Å². The summed E-state index contributed by atoms with van der Waals surface area (Å²) in [5, 5.41) is 1.94. The maximum atomic E-state index is 13.0. The number of fused-ring (bicyclic) bond motifs is 1. The number of hydrogen-bond acceptors (Lipinski definition) is 6. The monoisotopic (exact) mass is 424 g/mol. The van der Waals surface area contributed by atoms with Crippen LogP contribution in [0.15, 0.2) is 52.2 Å². The molecule has 0 radical (unpaired) electrons. The van der Waals surface area contributed by atoms with Crippen LogP contribution >= 0.6 is 11.8 Å². The Morgan fingerprint density at radius 3 is 2.40 bits per heavy atom. The van der Waals surface area contributed by atoms with Gasteiger partial charge in [0.05, 0.1) is 17.2 Å². The van der Waals surface area contributed by atoms with Crippen molar-refractivity contribution in [1.82, 2.24) is 19.4 Å². The van der Waals surface area contributed by atoms with E-state index in [0.717, 1.165) is 22.9 Å². The van der Waals surface area contributed by atoms with Gasteiger partial charge in [-0.2, -0.15) is 0 Å². The maximum Gasteiger partial charge on any atom is 0.333 e. The predicted molar refractivity (Wildman–Crippen MR) is 115 cm³/mol. The zero-order valence-corrected chi connectivity index (χ0v) is 17.3. The minimum atomic E-state index is -0.422. The van der Waals surface area contributed by atoms with Crippen molar-refractivity contribution in [2.45, 2.75) is 38.1 Å². The number of imide groups is 1. The molecule has 1 saturated heterocycles. The lowest BCUT2D eigenvalue weighted by Crippen LogP contribution is -2.41. The molecule has 30 heavy (non-hydrogen) atoms. The van der Waals surface area contributed by atoms with Crippen LogP contribution in [0.3, 0.4) is 0 Å². The maximum absolute atomic E-state index is 13.0. The van der Waals surface area contributed by atoms with E-state index >= 15 is 0 Å². The minimum Gasteiger partial charge on any atom is -0.286 e. The second-order valence-corrected chi connectivity index (χ2v) is 8.59. The molecule has 1 aliphatic heterocycles. The van der Waals surface area contributed by atoms with Crippen LogP contribution in [0, 0.1) is 0 Å². The van der Waals surface area contributed by atoms with Crippen molar-refractivity contribution in [1.29, 1.82) is 0 Å². The van der Waals surface area contributed by atoms with Gasteiger partial charge in [0.15, 0.2) is 0 Å². The molecule has 3 heterocycles. The number of amides is 2. The molecule has 1 atom stereocenters. The molecule has 1 aromatic carbocycles. The number of thioether (sulfide) groups is 1. The Bertz CT molecular complexity index is 1260. The summed E-state index contributed by atoms with van der Waals surface area (Å²) < 4.78 is 2.75. The number of aromatic nitrogens is 3. The Morgan fingerprint density at radius 2 is 1.77 bits per heavy atom. The number of nitrogens with zero attached hydrogens (tertiary/aromatic N) is 3. The molecule has 1 fully saturated rings. The van der Waals surface area contributed by atoms with Crippen LogP contribution in [0.5, 0.6) is 0 Å². The summed E-state index contributed by atoms with van der Waals surface area (Å²) in [6.45, 7) is 3.86. The number of hydrogen-bond donors (Lipinski definition) is 1. The zero-order chi connectivity index (χ0) is 21.4. The van der Waals surface area contributed by atoms with Crippen molar-refractivity contribution in [2.75, 3.05) is 0 Å². The van der Waals surface area contributed by atoms with Gasteiger partial charge in [-0.25, -0.2) is 9.78 Å². The van der Waals surface area contributed by atoms with Crippen molar-refractivity contribution in [3.8, 4) is 0 Å². The molecule has 154 valence electrons. The average Bonchev–Trinajstić information content (AvgIpc) is 3.03. The molecule has 0 saturated carbocycles. The van der Waals surface area contributed by atoms with Gasteiger partial charge in [0.1, 0.15) is 5.65 Å². The quantitative estimate of drug-likeness (QED) is 0.673. The van der Waals surface area contributed by atoms with E-state index in [2.05, 4.69) is 10.3 Å². The van der Waals surface area contributed by atoms with E-state index in [1.165, 1.54) is 9.13 Å². The Kier molecular flexibility index (Phi) is 5.29. The highest BCUT2D eigenvalue weighted by Crippen LogP contribution is 2.23. The third-order valence-electron chi connectivity index (χ3n) is 5.00. The van der Waals surface area contributed by atoms with Gasteiger partial charge in [0.2, 0.25) is 5.91 Å². The fourth-order valence-electron chi connectivity index (χ4n) is 3.52. The molecule has 1 unspecified atom stereocenters. The molecule has 1 N–H and O–H groups in total. The molecule has 3 aromatic rings. The van der Waals surface area contributed by atoms with Gasteiger partial charge >= 0.3 is 5.69 Å². The third kappa shape index (κ3) is 3.68. The van der Waals surface area contributed by atoms with Crippen LogP contribution in [-0.2, 0) is 17.8 Å². The third-order valence-corrected chi connectivity index (χ3v) is 5.98. The summed E-state index contributed by atoms with van der Waals surface area (Å²) in [5.41, 5.74) is 1.39. The Labute approximate surface area is 175 Å². The SMILES string of the molecule is CC(C)n1c(=O)c2cccnc2n(Cc2ccc(CC3SC(=O)NC3=O)cc2)c1=O. The molecular formula is C21H20N4O4S. The van der Waals surface area contributed by atoms with E-state index in [4.69, 9.17) is 0 Å². The molecule has 0 spiro atoms. The van der Waals surface area contributed by atoms with Crippen LogP contribution in [0.25, 0.3) is 11.0 Å². The summed E-state index contributed by atoms with van der Waals surface area (Å²) in [5.74, 6) is -0.269. The van der Waals surface area contributed by atoms with Gasteiger partial charge < -0.3 is 0 Å². The van der Waals surface area contributed by atoms with Gasteiger partial charge in [-0.05, 0) is 43.5 Å². The first kappa shape index (κ1) is 20.1. The van der Waals surface area contributed by atoms with Gasteiger partial charge in [0.25, 0.3) is 10.8 Å². The summed E-state index contributed by atoms with van der Waals surface area (Å²) >= 11 is 0.999. The summed E-state index contributed by atoms with van der Waals surface area (Å²) in [7, 11) is 0. The molecule has 2 amide bonds. The first-order valence-corrected chi connectivity index (χ1v) is 10.4. The Morgan fingerprint density at radius 1 is 1.07 bits per heavy atom. The largest absolute Gasteiger partial charge is 0.333 e. The minimum absolute atomic E-state index is 0.261. The number of rotatable bonds is 5. The Hall–Kier alpha value is -3.20. The fourth-order valence-corrected chi connectivity index (χ4v) is 4.38. The average molecular weight is 424 g/mol. The molecule has 2 aromatic heterocycles. The van der Waals surface area contributed by atoms with E-state index in [-0.39, 0.29) is 29.3 Å². The van der Waals surface area contributed by atoms with E-state index < -0.39 is 10.9 Å². The van der Waals surface area contributed by atoms with E-state index in [0.29, 0.717) is 17.5 Å². The second kappa shape index (κ2) is 7.91. The summed E-state index contributed by atoms with van der Waals surface area (Å²) in [6, 6.07) is 10.6. The standard InChI is InChI=1S/C21H20N4O4S/c1-12(2)25-19(27)15-4-3-9-22-17(15)24(21(25)29)11-14-7-5-13(6-8-14)10-16-18(26)23-20(28)30-16/h3-9,12,16H,10-11H2,1-2H3,(H,23,26,28). The molecular weight excluding hydrogens is 404 g/mol. The zero-order valence-electron chi connectivity index (χ0n) is 16.5. The number of pyridine rings is 1. The highest BCUT2D eigenvalue weighted by Gasteiger charge is 2.31. The number of carbonyl (C=O) groups is 2. The lowest BCUT2D eigenvalue weighted by molar-refractivity contribution is -0.118. The van der Waals surface area contributed by atoms with Crippen molar-refractivity contribution in [3.63, 3.8) is 0 Å². The summed E-state index contributed by atoms with van der Waals surface area (Å²) in [6.07, 6.45) is 2.01. The van der Waals surface area contributed by atoms with Crippen molar-refractivity contribution < 1.29 is 9.59 Å². The van der Waals surface area contributed by atoms with Crippen LogP contribution in [0.4, 0.5) is 4.79 Å². The highest BCUT2D eigenvalue weighted by molar-refractivity contribution is 8.15. The predicted octanol–water partition coefficient (Wildman–Crippen LogP) is 2.08. The van der Waals surface area contributed by atoms with Gasteiger partial charge in [0, 0.05) is 12.2 Å². The Balaban J connectivity index is 1.66. The van der Waals surface area contributed by atoms with Gasteiger partial charge in [-0.15, -0.1) is 0 Å². The molecule has 1 aliphatic rings. The van der Waals surface area contributed by atoms with Crippen LogP contribution in [0.2, 0.25) is 0 Å². The summed E-state index contributed by atoms with van der Waals surface area (Å²) in [4.78, 5) is 53.1. The van der Waals surface area contributed by atoms with Crippen molar-refractivity contribution >= 4 is 33.9 Å². The van der Waals surface area contributed by atoms with Gasteiger partial charge in [-0.3, -0.25) is 28.8 Å². The molecule has 4 rings (SSSR count). The first-order valence-electron chi connectivity index (χ1n) is 9.54. The number of carbonyl (C=O) groups excluding carboxylic acids is 2.